The van der Waals surface area contributed by atoms with Crippen LogP contribution in [0.2, 0.25) is 0 Å². The summed E-state index contributed by atoms with van der Waals surface area (Å²) in [5, 5.41) is 4.12. The average Bonchev–Trinajstić information content (AvgIpc) is 3.08. The van der Waals surface area contributed by atoms with Crippen molar-refractivity contribution < 1.29 is 4.39 Å². The maximum atomic E-state index is 12.8. The van der Waals surface area contributed by atoms with Crippen LogP contribution in [0, 0.1) is 6.92 Å². The highest BCUT2D eigenvalue weighted by Gasteiger charge is 2.13. The Bertz CT molecular complexity index is 1020. The van der Waals surface area contributed by atoms with Crippen LogP contribution in [0.1, 0.15) is 5.82 Å². The van der Waals surface area contributed by atoms with Crippen molar-refractivity contribution in [2.75, 3.05) is 12.4 Å². The van der Waals surface area contributed by atoms with Gasteiger partial charge in [-0.15, -0.1) is 5.10 Å². The van der Waals surface area contributed by atoms with Crippen LogP contribution in [0.4, 0.5) is 10.3 Å². The van der Waals surface area contributed by atoms with Crippen molar-refractivity contribution in [3.05, 3.63) is 36.4 Å². The molecule has 0 aliphatic carbocycles. The molecule has 0 unspecified atom stereocenters. The van der Waals surface area contributed by atoms with Gasteiger partial charge in [0.25, 0.3) is 0 Å². The smallest absolute Gasteiger partial charge is 0.238 e. The van der Waals surface area contributed by atoms with Crippen molar-refractivity contribution in [3.63, 3.8) is 0 Å². The highest BCUT2D eigenvalue weighted by molar-refractivity contribution is 5.82. The molecule has 0 saturated carbocycles. The van der Waals surface area contributed by atoms with Gasteiger partial charge in [0, 0.05) is 11.8 Å². The maximum absolute atomic E-state index is 12.8. The minimum atomic E-state index is -0.458. The number of hydrogen-bond donors (Lipinski definition) is 1. The van der Waals surface area contributed by atoms with E-state index >= 15 is 0 Å². The molecule has 7 nitrogen and oxygen atoms in total. The number of aryl methyl sites for hydroxylation is 2. The van der Waals surface area contributed by atoms with Crippen LogP contribution in [-0.4, -0.2) is 35.8 Å². The van der Waals surface area contributed by atoms with Crippen molar-refractivity contribution in [1.82, 2.24) is 29.1 Å². The minimum absolute atomic E-state index is 0.208. The number of nitrogens with two attached hydrogens (primary N) is 1. The molecule has 0 bridgehead atoms. The third-order valence-corrected chi connectivity index (χ3v) is 3.80. The van der Waals surface area contributed by atoms with Crippen molar-refractivity contribution in [1.29, 1.82) is 0 Å². The molecule has 0 aromatic carbocycles. The minimum Gasteiger partial charge on any atom is -0.367 e. The van der Waals surface area contributed by atoms with Crippen LogP contribution < -0.4 is 5.73 Å². The lowest BCUT2D eigenvalue weighted by Gasteiger charge is -2.04. The van der Waals surface area contributed by atoms with E-state index in [1.165, 1.54) is 0 Å². The van der Waals surface area contributed by atoms with Gasteiger partial charge in [-0.1, -0.05) is 0 Å². The van der Waals surface area contributed by atoms with Gasteiger partial charge >= 0.3 is 0 Å². The van der Waals surface area contributed by atoms with E-state index in [1.807, 2.05) is 25.1 Å². The SMILES string of the molecule is Cc1nc2ccc(-c3ccn4nc(N)ncc34)nc2n1CCF. The first-order valence-electron chi connectivity index (χ1n) is 7.17. The van der Waals surface area contributed by atoms with Crippen LogP contribution in [0.3, 0.4) is 0 Å². The standard InChI is InChI=1S/C15H14FN7/c1-9-19-12-3-2-11(20-14(12)22(9)7-5-16)10-4-6-23-13(10)8-18-15(17)21-23/h2-4,6,8H,5,7H2,1H3,(H2,17,21). The fraction of sp³-hybridized carbons (Fsp3) is 0.200. The van der Waals surface area contributed by atoms with Crippen molar-refractivity contribution in [2.24, 2.45) is 0 Å². The summed E-state index contributed by atoms with van der Waals surface area (Å²) in [6.07, 6.45) is 3.46. The first kappa shape index (κ1) is 13.6. The number of anilines is 1. The Morgan fingerprint density at radius 3 is 2.91 bits per heavy atom. The number of rotatable bonds is 3. The Balaban J connectivity index is 1.92. The monoisotopic (exact) mass is 311 g/mol. The highest BCUT2D eigenvalue weighted by atomic mass is 19.1. The Kier molecular flexibility index (Phi) is 2.97. The molecule has 4 heterocycles. The summed E-state index contributed by atoms with van der Waals surface area (Å²) in [5.74, 6) is 0.958. The molecular weight excluding hydrogens is 297 g/mol. The van der Waals surface area contributed by atoms with E-state index in [4.69, 9.17) is 5.73 Å². The molecule has 0 spiro atoms. The number of alkyl halides is 1. The molecule has 4 rings (SSSR count). The predicted molar refractivity (Wildman–Crippen MR) is 84.6 cm³/mol. The number of hydrogen-bond acceptors (Lipinski definition) is 5. The quantitative estimate of drug-likeness (QED) is 0.625. The lowest BCUT2D eigenvalue weighted by Crippen LogP contribution is -2.03. The fourth-order valence-electron chi connectivity index (χ4n) is 2.75. The summed E-state index contributed by atoms with van der Waals surface area (Å²) < 4.78 is 16.2. The van der Waals surface area contributed by atoms with Gasteiger partial charge in [0.1, 0.15) is 18.0 Å². The van der Waals surface area contributed by atoms with Crippen molar-refractivity contribution in [3.8, 4) is 11.3 Å². The molecule has 0 amide bonds. The van der Waals surface area contributed by atoms with E-state index in [0.717, 1.165) is 28.1 Å². The van der Waals surface area contributed by atoms with Crippen LogP contribution >= 0.6 is 0 Å². The average molecular weight is 311 g/mol. The molecule has 4 aromatic rings. The number of pyridine rings is 1. The Hall–Kier alpha value is -3.03. The number of aromatic nitrogens is 6. The van der Waals surface area contributed by atoms with Crippen molar-refractivity contribution >= 4 is 22.6 Å². The molecule has 0 aliphatic heterocycles. The normalized spacial score (nSPS) is 11.6. The molecule has 0 fully saturated rings. The van der Waals surface area contributed by atoms with Crippen LogP contribution in [0.15, 0.2) is 30.6 Å². The zero-order chi connectivity index (χ0) is 16.0. The first-order valence-corrected chi connectivity index (χ1v) is 7.17. The van der Waals surface area contributed by atoms with E-state index in [0.29, 0.717) is 5.65 Å². The van der Waals surface area contributed by atoms with E-state index in [2.05, 4.69) is 20.1 Å². The summed E-state index contributed by atoms with van der Waals surface area (Å²) in [4.78, 5) is 13.1. The zero-order valence-corrected chi connectivity index (χ0v) is 12.4. The Morgan fingerprint density at radius 2 is 2.09 bits per heavy atom. The largest absolute Gasteiger partial charge is 0.367 e. The van der Waals surface area contributed by atoms with Gasteiger partial charge in [0.2, 0.25) is 5.95 Å². The summed E-state index contributed by atoms with van der Waals surface area (Å²) in [5.41, 5.74) is 9.47. The predicted octanol–water partition coefficient (Wildman–Crippen LogP) is 2.00. The van der Waals surface area contributed by atoms with Crippen LogP contribution in [0.25, 0.3) is 27.9 Å². The second-order valence-corrected chi connectivity index (χ2v) is 5.21. The molecule has 0 atom stereocenters. The molecule has 0 aliphatic rings. The topological polar surface area (TPSA) is 86.9 Å². The number of nitrogens with zero attached hydrogens (tertiary/aromatic N) is 6. The van der Waals surface area contributed by atoms with Gasteiger partial charge in [-0.2, -0.15) is 0 Å². The molecule has 8 heteroatoms. The van der Waals surface area contributed by atoms with E-state index in [9.17, 15) is 4.39 Å². The van der Waals surface area contributed by atoms with E-state index < -0.39 is 6.67 Å². The van der Waals surface area contributed by atoms with Crippen molar-refractivity contribution in [2.45, 2.75) is 13.5 Å². The number of imidazole rings is 1. The number of halogens is 1. The molecule has 0 radical (unpaired) electrons. The second kappa shape index (κ2) is 5.01. The van der Waals surface area contributed by atoms with Crippen LogP contribution in [-0.2, 0) is 6.54 Å². The maximum Gasteiger partial charge on any atom is 0.238 e. The molecule has 0 saturated heterocycles. The Labute approximate surface area is 130 Å². The van der Waals surface area contributed by atoms with Gasteiger partial charge in [-0.25, -0.2) is 23.9 Å². The third kappa shape index (κ3) is 2.10. The second-order valence-electron chi connectivity index (χ2n) is 5.21. The van der Waals surface area contributed by atoms with Gasteiger partial charge in [0.15, 0.2) is 5.65 Å². The van der Waals surface area contributed by atoms with Crippen LogP contribution in [0.5, 0.6) is 0 Å². The molecule has 23 heavy (non-hydrogen) atoms. The summed E-state index contributed by atoms with van der Waals surface area (Å²) in [6, 6.07) is 5.68. The molecule has 2 N–H and O–H groups in total. The number of fused-ring (bicyclic) bond motifs is 2. The fourth-order valence-corrected chi connectivity index (χ4v) is 2.75. The molecular formula is C15H14FN7. The molecule has 116 valence electrons. The van der Waals surface area contributed by atoms with E-state index in [1.54, 1.807) is 21.5 Å². The van der Waals surface area contributed by atoms with Gasteiger partial charge < -0.3 is 10.3 Å². The van der Waals surface area contributed by atoms with E-state index in [-0.39, 0.29) is 12.5 Å². The summed E-state index contributed by atoms with van der Waals surface area (Å²) in [7, 11) is 0. The zero-order valence-electron chi connectivity index (χ0n) is 12.4. The van der Waals surface area contributed by atoms with Gasteiger partial charge in [0.05, 0.1) is 24.0 Å². The highest BCUT2D eigenvalue weighted by Crippen LogP contribution is 2.26. The van der Waals surface area contributed by atoms with Gasteiger partial charge in [-0.05, 0) is 25.1 Å². The lowest BCUT2D eigenvalue weighted by molar-refractivity contribution is 0.445. The first-order chi connectivity index (χ1) is 11.2. The Morgan fingerprint density at radius 1 is 1.22 bits per heavy atom. The van der Waals surface area contributed by atoms with Gasteiger partial charge in [-0.3, -0.25) is 0 Å². The summed E-state index contributed by atoms with van der Waals surface area (Å²) >= 11 is 0. The molecule has 4 aromatic heterocycles. The lowest BCUT2D eigenvalue weighted by atomic mass is 10.2. The third-order valence-electron chi connectivity index (χ3n) is 3.80. The number of nitrogen functional groups attached to an aromatic ring is 1. The summed E-state index contributed by atoms with van der Waals surface area (Å²) in [6.45, 7) is 1.64.